The summed E-state index contributed by atoms with van der Waals surface area (Å²) in [6.07, 6.45) is 0. The van der Waals surface area contributed by atoms with Crippen molar-refractivity contribution >= 4 is 16.8 Å². The zero-order chi connectivity index (χ0) is 16.6. The molecule has 0 N–H and O–H groups in total. The van der Waals surface area contributed by atoms with Gasteiger partial charge in [0.2, 0.25) is 0 Å². The number of carbonyl (C=O) groups is 1. The Balaban J connectivity index is 1.86. The Morgan fingerprint density at radius 3 is 2.65 bits per heavy atom. The molecule has 23 heavy (non-hydrogen) atoms. The fourth-order valence-electron chi connectivity index (χ4n) is 3.80. The van der Waals surface area contributed by atoms with Crippen molar-refractivity contribution in [1.29, 1.82) is 0 Å². The quantitative estimate of drug-likeness (QED) is 0.870. The summed E-state index contributed by atoms with van der Waals surface area (Å²) in [6.45, 7) is 10.3. The van der Waals surface area contributed by atoms with Gasteiger partial charge in [0, 0.05) is 31.6 Å². The maximum atomic E-state index is 13.0. The summed E-state index contributed by atoms with van der Waals surface area (Å²) in [4.78, 5) is 17.4. The van der Waals surface area contributed by atoms with Crippen LogP contribution in [0, 0.1) is 5.92 Å². The van der Waals surface area contributed by atoms with Crippen molar-refractivity contribution in [3.05, 3.63) is 30.0 Å². The molecule has 1 aromatic carbocycles. The maximum Gasteiger partial charge on any atom is 0.275 e. The molecule has 1 saturated heterocycles. The van der Waals surface area contributed by atoms with E-state index >= 15 is 0 Å². The van der Waals surface area contributed by atoms with Crippen LogP contribution in [0.3, 0.4) is 0 Å². The predicted molar refractivity (Wildman–Crippen MR) is 92.5 cm³/mol. The molecule has 0 radical (unpaired) electrons. The maximum absolute atomic E-state index is 13.0. The summed E-state index contributed by atoms with van der Waals surface area (Å²) in [5, 5.41) is 5.42. The van der Waals surface area contributed by atoms with Crippen LogP contribution in [0.15, 0.2) is 24.3 Å². The Bertz CT molecular complexity index is 704. The van der Waals surface area contributed by atoms with Crippen LogP contribution in [0.1, 0.15) is 31.3 Å². The van der Waals surface area contributed by atoms with Gasteiger partial charge in [-0.05, 0) is 25.1 Å². The van der Waals surface area contributed by atoms with Crippen LogP contribution in [-0.2, 0) is 7.05 Å². The summed E-state index contributed by atoms with van der Waals surface area (Å²) >= 11 is 0. The van der Waals surface area contributed by atoms with Crippen LogP contribution in [0.5, 0.6) is 0 Å². The molecule has 1 aliphatic rings. The van der Waals surface area contributed by atoms with Gasteiger partial charge in [0.05, 0.1) is 5.52 Å². The minimum atomic E-state index is 0.0586. The highest BCUT2D eigenvalue weighted by Crippen LogP contribution is 2.25. The molecule has 1 amide bonds. The van der Waals surface area contributed by atoms with Crippen molar-refractivity contribution in [2.24, 2.45) is 13.0 Å². The van der Waals surface area contributed by atoms with E-state index in [0.29, 0.717) is 17.7 Å². The van der Waals surface area contributed by atoms with Crippen LogP contribution in [0.4, 0.5) is 0 Å². The Morgan fingerprint density at radius 1 is 1.26 bits per heavy atom. The molecule has 1 aromatic heterocycles. The third-order valence-corrected chi connectivity index (χ3v) is 5.10. The Hall–Kier alpha value is -1.88. The van der Waals surface area contributed by atoms with Crippen molar-refractivity contribution in [3.8, 4) is 0 Å². The molecule has 3 rings (SSSR count). The summed E-state index contributed by atoms with van der Waals surface area (Å²) < 4.78 is 1.80. The molecule has 0 bridgehead atoms. The summed E-state index contributed by atoms with van der Waals surface area (Å²) in [7, 11) is 1.89. The van der Waals surface area contributed by atoms with Gasteiger partial charge in [-0.3, -0.25) is 14.4 Å². The van der Waals surface area contributed by atoms with Gasteiger partial charge < -0.3 is 4.90 Å². The van der Waals surface area contributed by atoms with Crippen LogP contribution in [0.2, 0.25) is 0 Å². The average Bonchev–Trinajstić information content (AvgIpc) is 3.10. The molecule has 0 aliphatic carbocycles. The van der Waals surface area contributed by atoms with Gasteiger partial charge in [-0.25, -0.2) is 0 Å². The molecule has 2 heterocycles. The Kier molecular flexibility index (Phi) is 4.39. The van der Waals surface area contributed by atoms with Crippen molar-refractivity contribution in [2.45, 2.75) is 26.8 Å². The first-order valence-corrected chi connectivity index (χ1v) is 8.51. The Labute approximate surface area is 137 Å². The molecule has 5 nitrogen and oxygen atoms in total. The number of hydrogen-bond donors (Lipinski definition) is 0. The standard InChI is InChI=1S/C18H26N4O/c1-5-21(6-2)16-12-22(11-13(16)3)18(23)17-14-9-7-8-10-15(14)20(4)19-17/h7-10,13,16H,5-6,11-12H2,1-4H3/t13-,16+/m1/s1. The molecule has 1 fully saturated rings. The Morgan fingerprint density at radius 2 is 1.96 bits per heavy atom. The number of carbonyl (C=O) groups excluding carboxylic acids is 1. The summed E-state index contributed by atoms with van der Waals surface area (Å²) in [5.41, 5.74) is 1.58. The second-order valence-electron chi connectivity index (χ2n) is 6.47. The fraction of sp³-hybridized carbons (Fsp3) is 0.556. The molecule has 2 atom stereocenters. The summed E-state index contributed by atoms with van der Waals surface area (Å²) in [5.74, 6) is 0.553. The van der Waals surface area contributed by atoms with E-state index in [1.54, 1.807) is 4.68 Å². The van der Waals surface area contributed by atoms with Crippen molar-refractivity contribution in [2.75, 3.05) is 26.2 Å². The predicted octanol–water partition coefficient (Wildman–Crippen LogP) is 2.38. The first-order valence-electron chi connectivity index (χ1n) is 8.51. The van der Waals surface area contributed by atoms with E-state index in [-0.39, 0.29) is 5.91 Å². The number of nitrogens with zero attached hydrogens (tertiary/aromatic N) is 4. The minimum absolute atomic E-state index is 0.0586. The van der Waals surface area contributed by atoms with E-state index < -0.39 is 0 Å². The van der Waals surface area contributed by atoms with Gasteiger partial charge >= 0.3 is 0 Å². The monoisotopic (exact) mass is 314 g/mol. The van der Waals surface area contributed by atoms with Gasteiger partial charge in [0.15, 0.2) is 5.69 Å². The molecule has 5 heteroatoms. The van der Waals surface area contributed by atoms with Crippen LogP contribution < -0.4 is 0 Å². The molecule has 0 saturated carbocycles. The smallest absolute Gasteiger partial charge is 0.275 e. The van der Waals surface area contributed by atoms with Crippen molar-refractivity contribution < 1.29 is 4.79 Å². The lowest BCUT2D eigenvalue weighted by Crippen LogP contribution is -2.40. The van der Waals surface area contributed by atoms with E-state index in [4.69, 9.17) is 0 Å². The lowest BCUT2D eigenvalue weighted by molar-refractivity contribution is 0.0772. The second kappa shape index (κ2) is 6.32. The first-order chi connectivity index (χ1) is 11.1. The number of hydrogen-bond acceptors (Lipinski definition) is 3. The molecule has 1 aliphatic heterocycles. The number of likely N-dealkylation sites (N-methyl/N-ethyl adjacent to an activating group) is 1. The number of amides is 1. The number of benzene rings is 1. The molecule has 2 aromatic rings. The van der Waals surface area contributed by atoms with E-state index in [1.165, 1.54) is 0 Å². The molecular formula is C18H26N4O. The third-order valence-electron chi connectivity index (χ3n) is 5.10. The largest absolute Gasteiger partial charge is 0.335 e. The number of aryl methyl sites for hydroxylation is 1. The second-order valence-corrected chi connectivity index (χ2v) is 6.47. The molecule has 0 unspecified atom stereocenters. The highest BCUT2D eigenvalue weighted by molar-refractivity contribution is 6.04. The van der Waals surface area contributed by atoms with Crippen molar-refractivity contribution in [3.63, 3.8) is 0 Å². The number of likely N-dealkylation sites (tertiary alicyclic amines) is 1. The van der Waals surface area contributed by atoms with Gasteiger partial charge in [0.25, 0.3) is 5.91 Å². The number of fused-ring (bicyclic) bond motifs is 1. The number of rotatable bonds is 4. The van der Waals surface area contributed by atoms with Gasteiger partial charge in [0.1, 0.15) is 0 Å². The zero-order valence-electron chi connectivity index (χ0n) is 14.5. The lowest BCUT2D eigenvalue weighted by Gasteiger charge is -2.28. The molecule has 0 spiro atoms. The molecule has 124 valence electrons. The SMILES string of the molecule is CCN(CC)[C@H]1CN(C(=O)c2nn(C)c3ccccc23)C[C@H]1C. The number of aromatic nitrogens is 2. The first kappa shape index (κ1) is 16.0. The van der Waals surface area contributed by atoms with E-state index in [2.05, 4.69) is 30.8 Å². The van der Waals surface area contributed by atoms with Crippen LogP contribution in [-0.4, -0.2) is 57.7 Å². The van der Waals surface area contributed by atoms with E-state index in [9.17, 15) is 4.79 Å². The third kappa shape index (κ3) is 2.74. The van der Waals surface area contributed by atoms with E-state index in [1.807, 2.05) is 36.2 Å². The lowest BCUT2D eigenvalue weighted by atomic mass is 10.1. The van der Waals surface area contributed by atoms with E-state index in [0.717, 1.165) is 37.1 Å². The van der Waals surface area contributed by atoms with Gasteiger partial charge in [-0.15, -0.1) is 0 Å². The van der Waals surface area contributed by atoms with Crippen LogP contribution in [0.25, 0.3) is 10.9 Å². The molecular weight excluding hydrogens is 288 g/mol. The number of para-hydroxylation sites is 1. The highest BCUT2D eigenvalue weighted by Gasteiger charge is 2.36. The minimum Gasteiger partial charge on any atom is -0.335 e. The fourth-order valence-corrected chi connectivity index (χ4v) is 3.80. The normalized spacial score (nSPS) is 21.5. The van der Waals surface area contributed by atoms with Crippen LogP contribution >= 0.6 is 0 Å². The average molecular weight is 314 g/mol. The van der Waals surface area contributed by atoms with Gasteiger partial charge in [-0.2, -0.15) is 5.10 Å². The van der Waals surface area contributed by atoms with Crippen molar-refractivity contribution in [1.82, 2.24) is 19.6 Å². The summed E-state index contributed by atoms with van der Waals surface area (Å²) in [6, 6.07) is 8.38. The highest BCUT2D eigenvalue weighted by atomic mass is 16.2. The topological polar surface area (TPSA) is 41.4 Å². The van der Waals surface area contributed by atoms with Gasteiger partial charge in [-0.1, -0.05) is 39.0 Å². The zero-order valence-corrected chi connectivity index (χ0v) is 14.5.